The molecule has 0 radical (unpaired) electrons. The average molecular weight is 413 g/mol. The van der Waals surface area contributed by atoms with Gasteiger partial charge in [0.05, 0.1) is 30.4 Å². The van der Waals surface area contributed by atoms with Crippen molar-refractivity contribution < 1.29 is 14.6 Å². The second kappa shape index (κ2) is 7.61. The molecule has 1 aromatic carbocycles. The first-order valence-electron chi connectivity index (χ1n) is 8.63. The Balaban J connectivity index is 2.12. The Morgan fingerprint density at radius 3 is 2.55 bits per heavy atom. The number of halogens is 1. The van der Waals surface area contributed by atoms with Crippen LogP contribution in [0.5, 0.6) is 11.8 Å². The molecule has 4 rings (SSSR count). The first-order valence-corrected chi connectivity index (χ1v) is 9.01. The Bertz CT molecular complexity index is 1200. The zero-order valence-electron chi connectivity index (χ0n) is 15.9. The van der Waals surface area contributed by atoms with Gasteiger partial charge in [-0.25, -0.2) is 9.97 Å². The van der Waals surface area contributed by atoms with Crippen LogP contribution in [0.4, 0.5) is 0 Å². The maximum Gasteiger partial charge on any atom is 0.278 e. The van der Waals surface area contributed by atoms with Crippen molar-refractivity contribution in [1.29, 1.82) is 0 Å². The summed E-state index contributed by atoms with van der Waals surface area (Å²) < 4.78 is 12.3. The zero-order valence-corrected chi connectivity index (χ0v) is 16.7. The van der Waals surface area contributed by atoms with Crippen molar-refractivity contribution >= 4 is 22.6 Å². The summed E-state index contributed by atoms with van der Waals surface area (Å²) in [5.74, 6) is 1.23. The minimum absolute atomic E-state index is 0.211. The second-order valence-corrected chi connectivity index (χ2v) is 6.52. The average Bonchev–Trinajstić information content (AvgIpc) is 3.18. The SMILES string of the molecule is COc1nc2cc(C)c(Cl)c(-n3c(CO)nnc3-c3cccnc3)c2nc1OC. The molecule has 3 aromatic heterocycles. The van der Waals surface area contributed by atoms with E-state index in [4.69, 9.17) is 21.1 Å². The number of aliphatic hydroxyl groups excluding tert-OH is 1. The van der Waals surface area contributed by atoms with Crippen LogP contribution in [0.15, 0.2) is 30.6 Å². The Morgan fingerprint density at radius 2 is 1.90 bits per heavy atom. The molecule has 0 unspecified atom stereocenters. The monoisotopic (exact) mass is 412 g/mol. The van der Waals surface area contributed by atoms with E-state index in [9.17, 15) is 5.11 Å². The molecule has 0 aliphatic carbocycles. The first-order chi connectivity index (χ1) is 14.1. The van der Waals surface area contributed by atoms with Gasteiger partial charge in [-0.2, -0.15) is 0 Å². The molecular formula is C19H17ClN6O3. The highest BCUT2D eigenvalue weighted by molar-refractivity contribution is 6.34. The summed E-state index contributed by atoms with van der Waals surface area (Å²) in [5.41, 5.74) is 2.97. The molecule has 0 bridgehead atoms. The van der Waals surface area contributed by atoms with E-state index in [0.29, 0.717) is 39.0 Å². The van der Waals surface area contributed by atoms with Gasteiger partial charge in [0.15, 0.2) is 11.6 Å². The third-order valence-corrected chi connectivity index (χ3v) is 4.87. The maximum absolute atomic E-state index is 9.89. The topological polar surface area (TPSA) is 108 Å². The normalized spacial score (nSPS) is 11.1. The molecule has 0 fully saturated rings. The van der Waals surface area contributed by atoms with Gasteiger partial charge in [0.1, 0.15) is 12.1 Å². The van der Waals surface area contributed by atoms with Crippen LogP contribution in [0.3, 0.4) is 0 Å². The van der Waals surface area contributed by atoms with Crippen LogP contribution in [0.2, 0.25) is 5.02 Å². The maximum atomic E-state index is 9.89. The van der Waals surface area contributed by atoms with Crippen LogP contribution in [-0.2, 0) is 6.61 Å². The summed E-state index contributed by atoms with van der Waals surface area (Å²) >= 11 is 6.71. The zero-order chi connectivity index (χ0) is 20.5. The number of benzene rings is 1. The van der Waals surface area contributed by atoms with Crippen molar-refractivity contribution in [2.24, 2.45) is 0 Å². The van der Waals surface area contributed by atoms with E-state index in [1.54, 1.807) is 23.0 Å². The molecular weight excluding hydrogens is 396 g/mol. The molecule has 0 aliphatic rings. The van der Waals surface area contributed by atoms with Crippen LogP contribution in [-0.4, -0.2) is 49.0 Å². The summed E-state index contributed by atoms with van der Waals surface area (Å²) in [6.45, 7) is 1.51. The molecule has 3 heterocycles. The number of fused-ring (bicyclic) bond motifs is 1. The molecule has 0 amide bonds. The highest BCUT2D eigenvalue weighted by atomic mass is 35.5. The van der Waals surface area contributed by atoms with Crippen molar-refractivity contribution in [3.63, 3.8) is 0 Å². The fourth-order valence-corrected chi connectivity index (χ4v) is 3.29. The molecule has 10 heteroatoms. The number of rotatable bonds is 5. The molecule has 0 spiro atoms. The smallest absolute Gasteiger partial charge is 0.278 e. The Labute approximate surface area is 170 Å². The Kier molecular flexibility index (Phi) is 4.99. The molecule has 148 valence electrons. The van der Waals surface area contributed by atoms with Gasteiger partial charge in [0.25, 0.3) is 11.8 Å². The number of aliphatic hydroxyl groups is 1. The van der Waals surface area contributed by atoms with E-state index >= 15 is 0 Å². The summed E-state index contributed by atoms with van der Waals surface area (Å²) in [6.07, 6.45) is 3.32. The van der Waals surface area contributed by atoms with E-state index in [1.165, 1.54) is 14.2 Å². The van der Waals surface area contributed by atoms with Crippen LogP contribution in [0.1, 0.15) is 11.4 Å². The molecule has 4 aromatic rings. The highest BCUT2D eigenvalue weighted by Crippen LogP contribution is 2.37. The predicted molar refractivity (Wildman–Crippen MR) is 106 cm³/mol. The van der Waals surface area contributed by atoms with Crippen LogP contribution in [0, 0.1) is 6.92 Å². The highest BCUT2D eigenvalue weighted by Gasteiger charge is 2.23. The third-order valence-electron chi connectivity index (χ3n) is 4.39. The fourth-order valence-electron chi connectivity index (χ4n) is 3.06. The van der Waals surface area contributed by atoms with Gasteiger partial charge < -0.3 is 14.6 Å². The lowest BCUT2D eigenvalue weighted by atomic mass is 10.1. The number of hydrogen-bond acceptors (Lipinski definition) is 8. The van der Waals surface area contributed by atoms with Gasteiger partial charge in [-0.1, -0.05) is 11.6 Å². The Hall–Kier alpha value is -3.30. The van der Waals surface area contributed by atoms with E-state index in [1.807, 2.05) is 19.1 Å². The number of ether oxygens (including phenoxy) is 2. The minimum Gasteiger partial charge on any atom is -0.477 e. The van der Waals surface area contributed by atoms with Crippen LogP contribution in [0.25, 0.3) is 28.1 Å². The van der Waals surface area contributed by atoms with Gasteiger partial charge in [-0.3, -0.25) is 9.55 Å². The Morgan fingerprint density at radius 1 is 1.14 bits per heavy atom. The lowest BCUT2D eigenvalue weighted by molar-refractivity contribution is 0.269. The summed E-state index contributed by atoms with van der Waals surface area (Å²) in [7, 11) is 2.97. The van der Waals surface area contributed by atoms with Crippen molar-refractivity contribution in [1.82, 2.24) is 29.7 Å². The molecule has 9 nitrogen and oxygen atoms in total. The molecule has 29 heavy (non-hydrogen) atoms. The number of aryl methyl sites for hydroxylation is 1. The standard InChI is InChI=1S/C19H17ClN6O3/c1-10-7-12-15(23-19(29-3)18(22-12)28-2)16(14(10)20)26-13(9-27)24-25-17(26)11-5-4-6-21-8-11/h4-8,27H,9H2,1-3H3. The number of aromatic nitrogens is 6. The van der Waals surface area contributed by atoms with E-state index in [-0.39, 0.29) is 18.4 Å². The third kappa shape index (κ3) is 3.14. The molecule has 0 saturated heterocycles. The van der Waals surface area contributed by atoms with Crippen molar-refractivity contribution in [3.8, 4) is 28.8 Å². The van der Waals surface area contributed by atoms with Crippen LogP contribution < -0.4 is 9.47 Å². The lowest BCUT2D eigenvalue weighted by Gasteiger charge is -2.16. The van der Waals surface area contributed by atoms with Crippen molar-refractivity contribution in [3.05, 3.63) is 47.0 Å². The molecule has 1 N–H and O–H groups in total. The van der Waals surface area contributed by atoms with Gasteiger partial charge in [-0.05, 0) is 30.7 Å². The second-order valence-electron chi connectivity index (χ2n) is 6.14. The number of nitrogens with zero attached hydrogens (tertiary/aromatic N) is 6. The van der Waals surface area contributed by atoms with Gasteiger partial charge in [0.2, 0.25) is 0 Å². The molecule has 0 aliphatic heterocycles. The first kappa shape index (κ1) is 19.0. The quantitative estimate of drug-likeness (QED) is 0.533. The molecule has 0 atom stereocenters. The number of hydrogen-bond donors (Lipinski definition) is 1. The number of pyridine rings is 1. The van der Waals surface area contributed by atoms with Crippen molar-refractivity contribution in [2.75, 3.05) is 14.2 Å². The minimum atomic E-state index is -0.347. The fraction of sp³-hybridized carbons (Fsp3) is 0.211. The van der Waals surface area contributed by atoms with E-state index in [2.05, 4.69) is 25.1 Å². The molecule has 0 saturated carbocycles. The number of methoxy groups -OCH3 is 2. The van der Waals surface area contributed by atoms with Crippen LogP contribution >= 0.6 is 11.6 Å². The lowest BCUT2D eigenvalue weighted by Crippen LogP contribution is -2.08. The van der Waals surface area contributed by atoms with Gasteiger partial charge in [-0.15, -0.1) is 10.2 Å². The summed E-state index contributed by atoms with van der Waals surface area (Å²) in [5, 5.41) is 18.7. The summed E-state index contributed by atoms with van der Waals surface area (Å²) in [6, 6.07) is 5.44. The van der Waals surface area contributed by atoms with E-state index < -0.39 is 0 Å². The predicted octanol–water partition coefficient (Wildman–Crippen LogP) is 2.74. The van der Waals surface area contributed by atoms with Crippen molar-refractivity contribution in [2.45, 2.75) is 13.5 Å². The summed E-state index contributed by atoms with van der Waals surface area (Å²) in [4.78, 5) is 13.2. The van der Waals surface area contributed by atoms with Gasteiger partial charge in [0, 0.05) is 18.0 Å². The largest absolute Gasteiger partial charge is 0.477 e. The van der Waals surface area contributed by atoms with Gasteiger partial charge >= 0.3 is 0 Å². The van der Waals surface area contributed by atoms with E-state index in [0.717, 1.165) is 5.56 Å².